The van der Waals surface area contributed by atoms with Crippen LogP contribution in [0.5, 0.6) is 0 Å². The molecule has 5 heteroatoms. The number of hydrogen-bond acceptors (Lipinski definition) is 4. The highest BCUT2D eigenvalue weighted by molar-refractivity contribution is 6.12. The SMILES string of the molecule is Cc1ccc(C2Nc3cc4ccccc4cc3N2c2cccc3c2oc2ccc(F)cc23)c2oc3ccccc3c12. The number of rotatable bonds is 2. The van der Waals surface area contributed by atoms with Crippen molar-refractivity contribution < 1.29 is 13.2 Å². The fraction of sp³-hybridized carbons (Fsp3) is 0.0556. The van der Waals surface area contributed by atoms with Gasteiger partial charge in [-0.2, -0.15) is 0 Å². The van der Waals surface area contributed by atoms with E-state index >= 15 is 0 Å². The van der Waals surface area contributed by atoms with Crippen LogP contribution < -0.4 is 10.2 Å². The van der Waals surface area contributed by atoms with Crippen molar-refractivity contribution in [2.75, 3.05) is 10.2 Å². The predicted molar refractivity (Wildman–Crippen MR) is 165 cm³/mol. The van der Waals surface area contributed by atoms with Gasteiger partial charge in [-0.25, -0.2) is 4.39 Å². The lowest BCUT2D eigenvalue weighted by molar-refractivity contribution is 0.626. The van der Waals surface area contributed by atoms with Gasteiger partial charge in [-0.05, 0) is 65.7 Å². The number of furan rings is 2. The molecule has 1 unspecified atom stereocenters. The highest BCUT2D eigenvalue weighted by atomic mass is 19.1. The second kappa shape index (κ2) is 8.12. The van der Waals surface area contributed by atoms with Crippen LogP contribution in [0.3, 0.4) is 0 Å². The Kier molecular flexibility index (Phi) is 4.46. The molecule has 0 saturated heterocycles. The van der Waals surface area contributed by atoms with Crippen molar-refractivity contribution in [3.05, 3.63) is 126 Å². The van der Waals surface area contributed by atoms with Crippen molar-refractivity contribution in [2.45, 2.75) is 13.1 Å². The Bertz CT molecular complexity index is 2350. The molecule has 1 atom stereocenters. The van der Waals surface area contributed by atoms with Gasteiger partial charge in [-0.15, -0.1) is 0 Å². The highest BCUT2D eigenvalue weighted by Crippen LogP contribution is 2.51. The smallest absolute Gasteiger partial charge is 0.159 e. The summed E-state index contributed by atoms with van der Waals surface area (Å²) in [6, 6.07) is 36.1. The molecule has 3 heterocycles. The van der Waals surface area contributed by atoms with Crippen molar-refractivity contribution in [1.82, 2.24) is 0 Å². The van der Waals surface area contributed by atoms with Crippen molar-refractivity contribution in [3.8, 4) is 0 Å². The zero-order valence-corrected chi connectivity index (χ0v) is 22.1. The topological polar surface area (TPSA) is 41.5 Å². The van der Waals surface area contributed by atoms with Gasteiger partial charge in [0, 0.05) is 27.1 Å². The van der Waals surface area contributed by atoms with E-state index in [-0.39, 0.29) is 12.0 Å². The van der Waals surface area contributed by atoms with E-state index in [1.54, 1.807) is 12.1 Å². The molecule has 0 bridgehead atoms. The molecule has 1 aliphatic heterocycles. The summed E-state index contributed by atoms with van der Waals surface area (Å²) in [4.78, 5) is 2.29. The summed E-state index contributed by atoms with van der Waals surface area (Å²) in [5, 5.41) is 10.0. The Morgan fingerprint density at radius 3 is 2.32 bits per heavy atom. The fourth-order valence-corrected chi connectivity index (χ4v) is 6.55. The number of anilines is 3. The molecule has 0 radical (unpaired) electrons. The molecule has 0 fully saturated rings. The average Bonchev–Trinajstić information content (AvgIpc) is 3.67. The van der Waals surface area contributed by atoms with Crippen LogP contribution >= 0.6 is 0 Å². The third-order valence-corrected chi connectivity index (χ3v) is 8.43. The number of halogens is 1. The summed E-state index contributed by atoms with van der Waals surface area (Å²) < 4.78 is 27.3. The van der Waals surface area contributed by atoms with E-state index in [9.17, 15) is 4.39 Å². The number of nitrogens with one attached hydrogen (secondary N) is 1. The number of benzene rings is 6. The molecular formula is C36H23FN2O2. The first-order valence-corrected chi connectivity index (χ1v) is 13.7. The Labute approximate surface area is 234 Å². The van der Waals surface area contributed by atoms with Crippen molar-refractivity contribution >= 4 is 71.7 Å². The molecule has 2 aromatic heterocycles. The summed E-state index contributed by atoms with van der Waals surface area (Å²) in [5.41, 5.74) is 8.27. The molecule has 1 aliphatic rings. The third kappa shape index (κ3) is 3.14. The quantitative estimate of drug-likeness (QED) is 0.240. The number of hydrogen-bond donors (Lipinski definition) is 1. The van der Waals surface area contributed by atoms with Gasteiger partial charge in [0.15, 0.2) is 5.58 Å². The van der Waals surface area contributed by atoms with Gasteiger partial charge in [-0.3, -0.25) is 0 Å². The van der Waals surface area contributed by atoms with E-state index in [1.165, 1.54) is 11.6 Å². The molecule has 9 rings (SSSR count). The standard InChI is InChI=1S/C36H23FN2O2/c1-20-13-15-26(35-33(20)25-9-4-5-12-31(25)41-35)36-38-28-17-21-7-2-3-8-22(21)18-30(28)39(36)29-11-6-10-24-27-19-23(37)14-16-32(27)40-34(24)29/h2-19,36,38H,1H3. The molecule has 1 N–H and O–H groups in total. The first kappa shape index (κ1) is 22.5. The molecule has 196 valence electrons. The van der Waals surface area contributed by atoms with Crippen molar-refractivity contribution in [3.63, 3.8) is 0 Å². The van der Waals surface area contributed by atoms with Crippen LogP contribution in [0.15, 0.2) is 118 Å². The number of aryl methyl sites for hydroxylation is 1. The average molecular weight is 535 g/mol. The number of nitrogens with zero attached hydrogens (tertiary/aromatic N) is 1. The lowest BCUT2D eigenvalue weighted by atomic mass is 10.0. The van der Waals surface area contributed by atoms with E-state index in [2.05, 4.69) is 83.9 Å². The molecule has 8 aromatic rings. The Balaban J connectivity index is 1.35. The first-order valence-electron chi connectivity index (χ1n) is 13.7. The van der Waals surface area contributed by atoms with Gasteiger partial charge in [0.2, 0.25) is 0 Å². The van der Waals surface area contributed by atoms with Gasteiger partial charge in [0.1, 0.15) is 28.7 Å². The zero-order valence-electron chi connectivity index (χ0n) is 22.1. The summed E-state index contributed by atoms with van der Waals surface area (Å²) in [5.74, 6) is -0.282. The normalized spacial score (nSPS) is 15.0. The predicted octanol–water partition coefficient (Wildman–Crippen LogP) is 10.3. The van der Waals surface area contributed by atoms with Crippen LogP contribution in [0.4, 0.5) is 21.5 Å². The van der Waals surface area contributed by atoms with Crippen LogP contribution in [0.1, 0.15) is 17.3 Å². The van der Waals surface area contributed by atoms with Crippen molar-refractivity contribution in [1.29, 1.82) is 0 Å². The van der Waals surface area contributed by atoms with Gasteiger partial charge in [0.05, 0.1) is 17.1 Å². The van der Waals surface area contributed by atoms with Crippen LogP contribution in [-0.4, -0.2) is 0 Å². The van der Waals surface area contributed by atoms with Gasteiger partial charge >= 0.3 is 0 Å². The first-order chi connectivity index (χ1) is 20.1. The minimum atomic E-state index is -0.282. The van der Waals surface area contributed by atoms with Crippen LogP contribution in [-0.2, 0) is 0 Å². The van der Waals surface area contributed by atoms with Gasteiger partial charge in [-0.1, -0.05) is 66.7 Å². The number of fused-ring (bicyclic) bond motifs is 8. The summed E-state index contributed by atoms with van der Waals surface area (Å²) >= 11 is 0. The van der Waals surface area contributed by atoms with E-state index in [1.807, 2.05) is 24.3 Å². The lowest BCUT2D eigenvalue weighted by Crippen LogP contribution is -2.23. The minimum Gasteiger partial charge on any atom is -0.456 e. The van der Waals surface area contributed by atoms with E-state index < -0.39 is 0 Å². The Morgan fingerprint density at radius 1 is 0.659 bits per heavy atom. The van der Waals surface area contributed by atoms with Crippen molar-refractivity contribution in [2.24, 2.45) is 0 Å². The monoisotopic (exact) mass is 534 g/mol. The maximum absolute atomic E-state index is 14.3. The van der Waals surface area contributed by atoms with E-state index in [4.69, 9.17) is 8.83 Å². The Morgan fingerprint density at radius 2 is 1.41 bits per heavy atom. The molecule has 4 nitrogen and oxygen atoms in total. The fourth-order valence-electron chi connectivity index (χ4n) is 6.55. The van der Waals surface area contributed by atoms with Crippen LogP contribution in [0.2, 0.25) is 0 Å². The summed E-state index contributed by atoms with van der Waals surface area (Å²) in [7, 11) is 0. The maximum atomic E-state index is 14.3. The van der Waals surface area contributed by atoms with E-state index in [0.29, 0.717) is 11.2 Å². The van der Waals surface area contributed by atoms with Crippen LogP contribution in [0.25, 0.3) is 54.6 Å². The minimum absolute atomic E-state index is 0.277. The highest BCUT2D eigenvalue weighted by Gasteiger charge is 2.35. The van der Waals surface area contributed by atoms with Gasteiger partial charge in [0.25, 0.3) is 0 Å². The molecule has 0 aliphatic carbocycles. The largest absolute Gasteiger partial charge is 0.456 e. The molecule has 0 spiro atoms. The van der Waals surface area contributed by atoms with Gasteiger partial charge < -0.3 is 19.1 Å². The summed E-state index contributed by atoms with van der Waals surface area (Å²) in [6.45, 7) is 2.13. The molecule has 0 amide bonds. The molecule has 41 heavy (non-hydrogen) atoms. The zero-order chi connectivity index (χ0) is 27.2. The third-order valence-electron chi connectivity index (χ3n) is 8.43. The molecule has 0 saturated carbocycles. The lowest BCUT2D eigenvalue weighted by Gasteiger charge is -2.27. The van der Waals surface area contributed by atoms with E-state index in [0.717, 1.165) is 66.1 Å². The summed E-state index contributed by atoms with van der Waals surface area (Å²) in [6.07, 6.45) is -0.277. The second-order valence-electron chi connectivity index (χ2n) is 10.8. The molecular weight excluding hydrogens is 511 g/mol. The number of para-hydroxylation sites is 2. The second-order valence-corrected chi connectivity index (χ2v) is 10.8. The maximum Gasteiger partial charge on any atom is 0.159 e. The molecule has 6 aromatic carbocycles. The Hall–Kier alpha value is -5.29. The van der Waals surface area contributed by atoms with Crippen LogP contribution in [0, 0.1) is 12.7 Å².